The van der Waals surface area contributed by atoms with Gasteiger partial charge < -0.3 is 4.98 Å². The highest BCUT2D eigenvalue weighted by molar-refractivity contribution is 6.10. The molecule has 2 heterocycles. The Morgan fingerprint density at radius 2 is 2.00 bits per heavy atom. The van der Waals surface area contributed by atoms with Crippen molar-refractivity contribution in [2.75, 3.05) is 0 Å². The minimum atomic E-state index is -0.660. The first-order valence-electron chi connectivity index (χ1n) is 4.31. The van der Waals surface area contributed by atoms with Gasteiger partial charge in [-0.2, -0.15) is 0 Å². The number of imidazole rings is 1. The van der Waals surface area contributed by atoms with Crippen LogP contribution in [0.4, 0.5) is 0 Å². The third kappa shape index (κ3) is 1.42. The van der Waals surface area contributed by atoms with Gasteiger partial charge in [0, 0.05) is 12.8 Å². The molecule has 2 bridgehead atoms. The standard InChI is InChI=1S/C8H8N4O3/c9-12-8(15)6-5-3(13)1-2-4(14)7(10-5)11-6/h1-2,9H2,(H,10,11)(H,12,15). The summed E-state index contributed by atoms with van der Waals surface area (Å²) in [6.45, 7) is 0. The number of ketones is 2. The number of fused-ring (bicyclic) bond motifs is 2. The van der Waals surface area contributed by atoms with E-state index in [4.69, 9.17) is 5.84 Å². The normalized spacial score (nSPS) is 15.0. The molecule has 2 rings (SSSR count). The fourth-order valence-electron chi connectivity index (χ4n) is 1.41. The molecule has 15 heavy (non-hydrogen) atoms. The van der Waals surface area contributed by atoms with Crippen LogP contribution in [0.15, 0.2) is 0 Å². The lowest BCUT2D eigenvalue weighted by Crippen LogP contribution is -2.31. The quantitative estimate of drug-likeness (QED) is 0.316. The van der Waals surface area contributed by atoms with Crippen molar-refractivity contribution >= 4 is 17.5 Å². The number of nitrogens with zero attached hydrogens (tertiary/aromatic N) is 1. The largest absolute Gasteiger partial charge is 0.331 e. The van der Waals surface area contributed by atoms with Gasteiger partial charge in [0.05, 0.1) is 0 Å². The van der Waals surface area contributed by atoms with E-state index in [-0.39, 0.29) is 41.6 Å². The zero-order valence-corrected chi connectivity index (χ0v) is 7.66. The second kappa shape index (κ2) is 3.28. The van der Waals surface area contributed by atoms with E-state index in [1.807, 2.05) is 5.43 Å². The first-order valence-corrected chi connectivity index (χ1v) is 4.31. The second-order valence-corrected chi connectivity index (χ2v) is 3.13. The monoisotopic (exact) mass is 208 g/mol. The fraction of sp³-hybridized carbons (Fsp3) is 0.250. The molecule has 0 unspecified atom stereocenters. The number of nitrogens with one attached hydrogen (secondary N) is 2. The van der Waals surface area contributed by atoms with Crippen LogP contribution in [0, 0.1) is 0 Å². The van der Waals surface area contributed by atoms with E-state index < -0.39 is 5.91 Å². The molecule has 1 amide bonds. The number of nitrogen functional groups attached to an aromatic ring is 1. The highest BCUT2D eigenvalue weighted by atomic mass is 16.2. The molecule has 0 fully saturated rings. The molecule has 0 saturated carbocycles. The van der Waals surface area contributed by atoms with Crippen LogP contribution in [0.5, 0.6) is 0 Å². The predicted molar refractivity (Wildman–Crippen MR) is 48.1 cm³/mol. The molecule has 0 saturated heterocycles. The van der Waals surface area contributed by atoms with E-state index in [0.717, 1.165) is 0 Å². The summed E-state index contributed by atoms with van der Waals surface area (Å²) >= 11 is 0. The number of amides is 1. The summed E-state index contributed by atoms with van der Waals surface area (Å²) in [5, 5.41) is 0. The van der Waals surface area contributed by atoms with Crippen molar-refractivity contribution in [3.05, 3.63) is 17.2 Å². The molecule has 0 spiro atoms. The number of nitrogens with two attached hydrogens (primary N) is 1. The molecule has 1 aromatic heterocycles. The molecular formula is C8H8N4O3. The molecule has 1 aliphatic heterocycles. The van der Waals surface area contributed by atoms with Crippen molar-refractivity contribution in [3.8, 4) is 0 Å². The predicted octanol–water partition coefficient (Wildman–Crippen LogP) is -0.828. The molecule has 0 aromatic carbocycles. The van der Waals surface area contributed by atoms with Gasteiger partial charge in [0.2, 0.25) is 0 Å². The maximum atomic E-state index is 11.5. The zero-order chi connectivity index (χ0) is 11.0. The number of aromatic nitrogens is 2. The molecule has 7 nitrogen and oxygen atoms in total. The van der Waals surface area contributed by atoms with Crippen LogP contribution in [-0.2, 0) is 0 Å². The summed E-state index contributed by atoms with van der Waals surface area (Å²) < 4.78 is 0. The van der Waals surface area contributed by atoms with Crippen LogP contribution in [0.3, 0.4) is 0 Å². The first kappa shape index (κ1) is 9.53. The van der Waals surface area contributed by atoms with E-state index in [1.165, 1.54) is 0 Å². The smallest absolute Gasteiger partial charge is 0.284 e. The number of H-pyrrole nitrogens is 1. The minimum Gasteiger partial charge on any atom is -0.331 e. The number of carbonyl (C=O) groups excluding carboxylic acids is 3. The summed E-state index contributed by atoms with van der Waals surface area (Å²) in [4.78, 5) is 40.3. The van der Waals surface area contributed by atoms with E-state index in [2.05, 4.69) is 9.97 Å². The van der Waals surface area contributed by atoms with Crippen molar-refractivity contribution in [3.63, 3.8) is 0 Å². The number of hydrogen-bond acceptors (Lipinski definition) is 5. The molecule has 4 N–H and O–H groups in total. The summed E-state index contributed by atoms with van der Waals surface area (Å²) in [7, 11) is 0. The Balaban J connectivity index is 2.55. The Hall–Kier alpha value is -2.02. The fourth-order valence-corrected chi connectivity index (χ4v) is 1.41. The molecule has 1 aromatic rings. The maximum Gasteiger partial charge on any atom is 0.284 e. The highest BCUT2D eigenvalue weighted by Gasteiger charge is 2.28. The molecule has 1 aliphatic rings. The molecule has 7 heteroatoms. The third-order valence-electron chi connectivity index (χ3n) is 2.17. The molecule has 78 valence electrons. The topological polar surface area (TPSA) is 118 Å². The summed E-state index contributed by atoms with van der Waals surface area (Å²) in [5.41, 5.74) is 1.81. The molecule has 0 atom stereocenters. The summed E-state index contributed by atoms with van der Waals surface area (Å²) in [5.74, 6) is 3.70. The van der Waals surface area contributed by atoms with Crippen molar-refractivity contribution in [1.29, 1.82) is 0 Å². The van der Waals surface area contributed by atoms with Gasteiger partial charge in [0.1, 0.15) is 11.4 Å². The van der Waals surface area contributed by atoms with Crippen molar-refractivity contribution < 1.29 is 14.4 Å². The van der Waals surface area contributed by atoms with E-state index in [1.54, 1.807) is 0 Å². The molecule has 0 radical (unpaired) electrons. The average Bonchev–Trinajstić information content (AvgIpc) is 2.63. The lowest BCUT2D eigenvalue weighted by atomic mass is 10.1. The van der Waals surface area contributed by atoms with Gasteiger partial charge in [-0.25, -0.2) is 10.8 Å². The SMILES string of the molecule is NNC(=O)c1[nH]c2nc1C(=O)CCC2=O. The van der Waals surface area contributed by atoms with Crippen LogP contribution >= 0.6 is 0 Å². The Morgan fingerprint density at radius 1 is 1.33 bits per heavy atom. The van der Waals surface area contributed by atoms with Crippen molar-refractivity contribution in [1.82, 2.24) is 15.4 Å². The maximum absolute atomic E-state index is 11.5. The van der Waals surface area contributed by atoms with Crippen LogP contribution in [0.2, 0.25) is 0 Å². The summed E-state index contributed by atoms with van der Waals surface area (Å²) in [6.07, 6.45) is 0.190. The van der Waals surface area contributed by atoms with Gasteiger partial charge in [-0.1, -0.05) is 0 Å². The average molecular weight is 208 g/mol. The van der Waals surface area contributed by atoms with Gasteiger partial charge >= 0.3 is 0 Å². The Bertz CT molecular complexity index is 462. The Kier molecular flexibility index (Phi) is 2.09. The first-order chi connectivity index (χ1) is 7.13. The van der Waals surface area contributed by atoms with Crippen LogP contribution in [-0.4, -0.2) is 27.4 Å². The summed E-state index contributed by atoms with van der Waals surface area (Å²) in [6, 6.07) is 0. The molecule has 0 aliphatic carbocycles. The lowest BCUT2D eigenvalue weighted by molar-refractivity contribution is 0.0904. The third-order valence-corrected chi connectivity index (χ3v) is 2.17. The molecular weight excluding hydrogens is 200 g/mol. The van der Waals surface area contributed by atoms with Crippen LogP contribution in [0.25, 0.3) is 0 Å². The highest BCUT2D eigenvalue weighted by Crippen LogP contribution is 2.16. The van der Waals surface area contributed by atoms with Gasteiger partial charge in [-0.05, 0) is 0 Å². The number of carbonyl (C=O) groups is 3. The van der Waals surface area contributed by atoms with Crippen LogP contribution in [0.1, 0.15) is 44.4 Å². The number of hydrogen-bond donors (Lipinski definition) is 3. The van der Waals surface area contributed by atoms with E-state index in [9.17, 15) is 14.4 Å². The number of Topliss-reactive ketones (excluding diaryl/α,β-unsaturated/α-hetero) is 2. The van der Waals surface area contributed by atoms with Crippen molar-refractivity contribution in [2.24, 2.45) is 5.84 Å². The minimum absolute atomic E-state index is 0.0150. The Labute approximate surface area is 84.0 Å². The van der Waals surface area contributed by atoms with Gasteiger partial charge in [-0.15, -0.1) is 0 Å². The lowest BCUT2D eigenvalue weighted by Gasteiger charge is -2.00. The Morgan fingerprint density at radius 3 is 2.67 bits per heavy atom. The number of hydrazine groups is 1. The second-order valence-electron chi connectivity index (χ2n) is 3.13. The zero-order valence-electron chi connectivity index (χ0n) is 7.66. The number of rotatable bonds is 1. The van der Waals surface area contributed by atoms with E-state index >= 15 is 0 Å². The van der Waals surface area contributed by atoms with Gasteiger partial charge in [-0.3, -0.25) is 19.8 Å². The van der Waals surface area contributed by atoms with Crippen LogP contribution < -0.4 is 11.3 Å². The van der Waals surface area contributed by atoms with E-state index in [0.29, 0.717) is 0 Å². The number of aromatic amines is 1. The van der Waals surface area contributed by atoms with Gasteiger partial charge in [0.25, 0.3) is 5.91 Å². The van der Waals surface area contributed by atoms with Gasteiger partial charge in [0.15, 0.2) is 17.4 Å². The van der Waals surface area contributed by atoms with Crippen molar-refractivity contribution in [2.45, 2.75) is 12.8 Å².